The second kappa shape index (κ2) is 6.58. The van der Waals surface area contributed by atoms with Gasteiger partial charge in [0.1, 0.15) is 5.75 Å². The molecule has 3 heteroatoms. The first-order chi connectivity index (χ1) is 8.74. The van der Waals surface area contributed by atoms with Crippen molar-refractivity contribution in [3.8, 4) is 5.75 Å². The Kier molecular flexibility index (Phi) is 5.07. The van der Waals surface area contributed by atoms with Gasteiger partial charge in [-0.1, -0.05) is 41.6 Å². The van der Waals surface area contributed by atoms with E-state index in [-0.39, 0.29) is 0 Å². The molecule has 1 fully saturated rings. The molecule has 1 unspecified atom stereocenters. The average Bonchev–Trinajstić information content (AvgIpc) is 2.90. The van der Waals surface area contributed by atoms with Gasteiger partial charge in [0.25, 0.3) is 0 Å². The van der Waals surface area contributed by atoms with Crippen LogP contribution in [-0.4, -0.2) is 14.2 Å². The highest BCUT2D eigenvalue weighted by Crippen LogP contribution is 2.36. The summed E-state index contributed by atoms with van der Waals surface area (Å²) in [5.74, 6) is 1.81. The van der Waals surface area contributed by atoms with Gasteiger partial charge >= 0.3 is 0 Å². The molecule has 0 radical (unpaired) electrons. The molecule has 0 amide bonds. The van der Waals surface area contributed by atoms with Crippen molar-refractivity contribution in [2.75, 3.05) is 14.2 Å². The van der Waals surface area contributed by atoms with Gasteiger partial charge in [-0.3, -0.25) is 0 Å². The van der Waals surface area contributed by atoms with E-state index in [0.717, 1.165) is 11.7 Å². The van der Waals surface area contributed by atoms with Gasteiger partial charge in [-0.25, -0.2) is 0 Å². The predicted molar refractivity (Wildman–Crippen MR) is 79.1 cm³/mol. The lowest BCUT2D eigenvalue weighted by atomic mass is 9.93. The molecule has 100 valence electrons. The quantitative estimate of drug-likeness (QED) is 0.875. The third kappa shape index (κ3) is 3.27. The third-order valence-electron chi connectivity index (χ3n) is 3.97. The van der Waals surface area contributed by atoms with Crippen molar-refractivity contribution in [2.45, 2.75) is 38.1 Å². The minimum atomic E-state index is 0.414. The molecule has 2 rings (SSSR count). The van der Waals surface area contributed by atoms with Crippen molar-refractivity contribution in [1.29, 1.82) is 0 Å². The van der Waals surface area contributed by atoms with E-state index in [4.69, 9.17) is 4.74 Å². The van der Waals surface area contributed by atoms with Crippen LogP contribution in [0.2, 0.25) is 0 Å². The topological polar surface area (TPSA) is 21.3 Å². The lowest BCUT2D eigenvalue weighted by Gasteiger charge is -2.22. The maximum atomic E-state index is 5.33. The molecule has 0 aliphatic heterocycles. The van der Waals surface area contributed by atoms with E-state index in [1.54, 1.807) is 7.11 Å². The summed E-state index contributed by atoms with van der Waals surface area (Å²) in [6, 6.07) is 6.63. The standard InChI is InChI=1S/C15H22BrNO/c1-17-15(9-11-5-3-4-6-11)13-10-12(18-2)7-8-14(13)16/h7-8,10-11,15,17H,3-6,9H2,1-2H3. The molecule has 1 aliphatic carbocycles. The summed E-state index contributed by atoms with van der Waals surface area (Å²) in [5, 5.41) is 3.45. The van der Waals surface area contributed by atoms with Crippen LogP contribution >= 0.6 is 15.9 Å². The van der Waals surface area contributed by atoms with E-state index >= 15 is 0 Å². The second-order valence-electron chi connectivity index (χ2n) is 5.11. The minimum Gasteiger partial charge on any atom is -0.497 e. The molecule has 0 aromatic heterocycles. The zero-order valence-electron chi connectivity index (χ0n) is 11.2. The van der Waals surface area contributed by atoms with Crippen molar-refractivity contribution in [3.05, 3.63) is 28.2 Å². The molecular formula is C15H22BrNO. The highest BCUT2D eigenvalue weighted by Gasteiger charge is 2.21. The summed E-state index contributed by atoms with van der Waals surface area (Å²) in [7, 11) is 3.77. The Hall–Kier alpha value is -0.540. The van der Waals surface area contributed by atoms with Crippen LogP contribution in [0.1, 0.15) is 43.7 Å². The summed E-state index contributed by atoms with van der Waals surface area (Å²) in [5.41, 5.74) is 1.31. The molecule has 1 saturated carbocycles. The van der Waals surface area contributed by atoms with E-state index in [2.05, 4.69) is 33.4 Å². The summed E-state index contributed by atoms with van der Waals surface area (Å²) in [6.07, 6.45) is 6.81. The summed E-state index contributed by atoms with van der Waals surface area (Å²) in [6.45, 7) is 0. The normalized spacial score (nSPS) is 17.9. The first-order valence-corrected chi connectivity index (χ1v) is 7.54. The number of methoxy groups -OCH3 is 1. The van der Waals surface area contributed by atoms with Gasteiger partial charge in [0.15, 0.2) is 0 Å². The molecule has 1 aliphatic rings. The molecule has 2 nitrogen and oxygen atoms in total. The molecule has 0 spiro atoms. The number of rotatable bonds is 5. The van der Waals surface area contributed by atoms with E-state index in [1.165, 1.54) is 42.1 Å². The second-order valence-corrected chi connectivity index (χ2v) is 5.97. The zero-order valence-corrected chi connectivity index (χ0v) is 12.8. The molecule has 0 bridgehead atoms. The SMILES string of the molecule is CNC(CC1CCCC1)c1cc(OC)ccc1Br. The Bertz CT molecular complexity index is 388. The lowest BCUT2D eigenvalue weighted by Crippen LogP contribution is -2.19. The van der Waals surface area contributed by atoms with Gasteiger partial charge < -0.3 is 10.1 Å². The molecule has 0 heterocycles. The Morgan fingerprint density at radius 2 is 2.11 bits per heavy atom. The maximum absolute atomic E-state index is 5.33. The van der Waals surface area contributed by atoms with Crippen LogP contribution < -0.4 is 10.1 Å². The van der Waals surface area contributed by atoms with Crippen LogP contribution in [0.4, 0.5) is 0 Å². The minimum absolute atomic E-state index is 0.414. The van der Waals surface area contributed by atoms with Gasteiger partial charge in [0.2, 0.25) is 0 Å². The first kappa shape index (κ1) is 13.9. The Morgan fingerprint density at radius 1 is 1.39 bits per heavy atom. The number of hydrogen-bond acceptors (Lipinski definition) is 2. The van der Waals surface area contributed by atoms with Gasteiger partial charge in [0.05, 0.1) is 7.11 Å². The van der Waals surface area contributed by atoms with Crippen LogP contribution in [-0.2, 0) is 0 Å². The third-order valence-corrected chi connectivity index (χ3v) is 4.69. The molecule has 1 aromatic rings. The van der Waals surface area contributed by atoms with E-state index in [1.807, 2.05) is 13.1 Å². The van der Waals surface area contributed by atoms with E-state index < -0.39 is 0 Å². The number of ether oxygens (including phenoxy) is 1. The van der Waals surface area contributed by atoms with Crippen molar-refractivity contribution in [2.24, 2.45) is 5.92 Å². The maximum Gasteiger partial charge on any atom is 0.119 e. The van der Waals surface area contributed by atoms with Crippen molar-refractivity contribution >= 4 is 15.9 Å². The molecule has 18 heavy (non-hydrogen) atoms. The van der Waals surface area contributed by atoms with E-state index in [0.29, 0.717) is 6.04 Å². The fourth-order valence-corrected chi connectivity index (χ4v) is 3.42. The molecule has 1 N–H and O–H groups in total. The van der Waals surface area contributed by atoms with Crippen molar-refractivity contribution < 1.29 is 4.74 Å². The predicted octanol–water partition coefficient (Wildman–Crippen LogP) is 4.30. The first-order valence-electron chi connectivity index (χ1n) is 6.75. The summed E-state index contributed by atoms with van der Waals surface area (Å²) < 4.78 is 6.49. The van der Waals surface area contributed by atoms with Crippen molar-refractivity contribution in [1.82, 2.24) is 5.32 Å². The number of nitrogens with one attached hydrogen (secondary N) is 1. The van der Waals surface area contributed by atoms with Crippen LogP contribution in [0.3, 0.4) is 0 Å². The number of hydrogen-bond donors (Lipinski definition) is 1. The molecule has 1 aromatic carbocycles. The van der Waals surface area contributed by atoms with Gasteiger partial charge in [-0.15, -0.1) is 0 Å². The molecule has 1 atom stereocenters. The highest BCUT2D eigenvalue weighted by atomic mass is 79.9. The van der Waals surface area contributed by atoms with Crippen molar-refractivity contribution in [3.63, 3.8) is 0 Å². The molecular weight excluding hydrogens is 290 g/mol. The van der Waals surface area contributed by atoms with Gasteiger partial charge in [-0.05, 0) is 43.1 Å². The fourth-order valence-electron chi connectivity index (χ4n) is 2.90. The highest BCUT2D eigenvalue weighted by molar-refractivity contribution is 9.10. The monoisotopic (exact) mass is 311 g/mol. The van der Waals surface area contributed by atoms with Crippen LogP contribution in [0.15, 0.2) is 22.7 Å². The average molecular weight is 312 g/mol. The van der Waals surface area contributed by atoms with E-state index in [9.17, 15) is 0 Å². The van der Waals surface area contributed by atoms with Crippen LogP contribution in [0.5, 0.6) is 5.75 Å². The summed E-state index contributed by atoms with van der Waals surface area (Å²) in [4.78, 5) is 0. The number of benzene rings is 1. The molecule has 0 saturated heterocycles. The van der Waals surface area contributed by atoms with Gasteiger partial charge in [-0.2, -0.15) is 0 Å². The zero-order chi connectivity index (χ0) is 13.0. The Balaban J connectivity index is 2.14. The van der Waals surface area contributed by atoms with Gasteiger partial charge in [0, 0.05) is 10.5 Å². The van der Waals surface area contributed by atoms with Crippen LogP contribution in [0.25, 0.3) is 0 Å². The number of halogens is 1. The summed E-state index contributed by atoms with van der Waals surface area (Å²) >= 11 is 3.65. The fraction of sp³-hybridized carbons (Fsp3) is 0.600. The van der Waals surface area contributed by atoms with Crippen LogP contribution in [0, 0.1) is 5.92 Å². The Labute approximate surface area is 118 Å². The largest absolute Gasteiger partial charge is 0.497 e. The smallest absolute Gasteiger partial charge is 0.119 e. The Morgan fingerprint density at radius 3 is 2.72 bits per heavy atom. The lowest BCUT2D eigenvalue weighted by molar-refractivity contribution is 0.401.